The van der Waals surface area contributed by atoms with Crippen molar-refractivity contribution < 1.29 is 18.0 Å². The Morgan fingerprint density at radius 1 is 1.03 bits per heavy atom. The Labute approximate surface area is 202 Å². The first kappa shape index (κ1) is 24.4. The van der Waals surface area contributed by atoms with Gasteiger partial charge >= 0.3 is 0 Å². The zero-order valence-electron chi connectivity index (χ0n) is 19.7. The minimum Gasteiger partial charge on any atom is -0.354 e. The molecular formula is C26H33N3O4S. The second-order valence-corrected chi connectivity index (χ2v) is 10.9. The average Bonchev–Trinajstić information content (AvgIpc) is 3.26. The third-order valence-electron chi connectivity index (χ3n) is 6.65. The summed E-state index contributed by atoms with van der Waals surface area (Å²) in [5.74, 6) is -0.346. The van der Waals surface area contributed by atoms with Crippen LogP contribution in [0.5, 0.6) is 0 Å². The highest BCUT2D eigenvalue weighted by atomic mass is 32.2. The predicted octanol–water partition coefficient (Wildman–Crippen LogP) is 3.28. The van der Waals surface area contributed by atoms with Gasteiger partial charge in [-0.05, 0) is 55.0 Å². The van der Waals surface area contributed by atoms with Crippen molar-refractivity contribution in [3.8, 4) is 0 Å². The van der Waals surface area contributed by atoms with Gasteiger partial charge in [0.15, 0.2) is 0 Å². The van der Waals surface area contributed by atoms with Gasteiger partial charge in [-0.1, -0.05) is 43.7 Å². The van der Waals surface area contributed by atoms with Crippen LogP contribution in [0, 0.1) is 0 Å². The Kier molecular flexibility index (Phi) is 7.68. The average molecular weight is 484 g/mol. The Balaban J connectivity index is 1.47. The number of rotatable bonds is 8. The summed E-state index contributed by atoms with van der Waals surface area (Å²) >= 11 is 0. The second kappa shape index (κ2) is 10.7. The van der Waals surface area contributed by atoms with Crippen molar-refractivity contribution in [2.24, 2.45) is 0 Å². The maximum atomic E-state index is 13.1. The van der Waals surface area contributed by atoms with Crippen LogP contribution in [0.25, 0.3) is 0 Å². The van der Waals surface area contributed by atoms with Crippen LogP contribution in [0.4, 0.5) is 5.69 Å². The molecule has 0 spiro atoms. The molecule has 7 nitrogen and oxygen atoms in total. The van der Waals surface area contributed by atoms with E-state index < -0.39 is 16.1 Å². The summed E-state index contributed by atoms with van der Waals surface area (Å²) in [5, 5.41) is 2.98. The fraction of sp³-hybridized carbons (Fsp3) is 0.462. The van der Waals surface area contributed by atoms with Gasteiger partial charge in [0, 0.05) is 38.2 Å². The zero-order valence-corrected chi connectivity index (χ0v) is 20.5. The molecule has 2 aromatic rings. The quantitative estimate of drug-likeness (QED) is 0.584. The molecular weight excluding hydrogens is 450 g/mol. The molecule has 2 aliphatic heterocycles. The van der Waals surface area contributed by atoms with E-state index in [9.17, 15) is 18.0 Å². The van der Waals surface area contributed by atoms with Gasteiger partial charge in [0.25, 0.3) is 0 Å². The number of nitrogens with one attached hydrogen (secondary N) is 1. The summed E-state index contributed by atoms with van der Waals surface area (Å²) in [5.41, 5.74) is 2.58. The molecule has 1 fully saturated rings. The largest absolute Gasteiger partial charge is 0.354 e. The number of benzene rings is 2. The monoisotopic (exact) mass is 483 g/mol. The van der Waals surface area contributed by atoms with Gasteiger partial charge in [-0.25, -0.2) is 8.42 Å². The molecule has 1 N–H and O–H groups in total. The Morgan fingerprint density at radius 3 is 2.47 bits per heavy atom. The predicted molar refractivity (Wildman–Crippen MR) is 132 cm³/mol. The third-order valence-corrected chi connectivity index (χ3v) is 8.54. The van der Waals surface area contributed by atoms with Gasteiger partial charge in [0.05, 0.1) is 4.90 Å². The van der Waals surface area contributed by atoms with Crippen molar-refractivity contribution in [2.75, 3.05) is 24.5 Å². The smallest absolute Gasteiger partial charge is 0.243 e. The van der Waals surface area contributed by atoms with E-state index in [0.717, 1.165) is 37.7 Å². The van der Waals surface area contributed by atoms with Gasteiger partial charge in [0.1, 0.15) is 6.04 Å². The zero-order chi connectivity index (χ0) is 24.1. The van der Waals surface area contributed by atoms with Crippen LogP contribution >= 0.6 is 0 Å². The van der Waals surface area contributed by atoms with Gasteiger partial charge in [-0.2, -0.15) is 4.31 Å². The molecule has 2 amide bonds. The number of anilines is 1. The fourth-order valence-electron chi connectivity index (χ4n) is 4.80. The summed E-state index contributed by atoms with van der Waals surface area (Å²) in [6.07, 6.45) is 5.04. The first-order valence-corrected chi connectivity index (χ1v) is 13.6. The summed E-state index contributed by atoms with van der Waals surface area (Å²) in [4.78, 5) is 27.6. The van der Waals surface area contributed by atoms with Crippen LogP contribution in [0.15, 0.2) is 53.4 Å². The summed E-state index contributed by atoms with van der Waals surface area (Å²) < 4.78 is 27.8. The molecule has 4 rings (SSSR count). The lowest BCUT2D eigenvalue weighted by atomic mass is 10.1. The number of aryl methyl sites for hydroxylation is 1. The van der Waals surface area contributed by atoms with Crippen LogP contribution in [0.1, 0.15) is 50.2 Å². The van der Waals surface area contributed by atoms with Gasteiger partial charge in [-0.15, -0.1) is 0 Å². The Morgan fingerprint density at radius 2 is 1.76 bits per heavy atom. The molecule has 2 aliphatic rings. The van der Waals surface area contributed by atoms with Crippen molar-refractivity contribution in [3.63, 3.8) is 0 Å². The maximum absolute atomic E-state index is 13.1. The molecule has 8 heteroatoms. The fourth-order valence-corrected chi connectivity index (χ4v) is 6.37. The molecule has 0 bridgehead atoms. The maximum Gasteiger partial charge on any atom is 0.243 e. The molecule has 0 saturated carbocycles. The number of carbonyl (C=O) groups is 2. The minimum atomic E-state index is -3.58. The molecule has 1 saturated heterocycles. The highest BCUT2D eigenvalue weighted by molar-refractivity contribution is 7.89. The van der Waals surface area contributed by atoms with Gasteiger partial charge in [0.2, 0.25) is 21.8 Å². The Bertz CT molecular complexity index is 1130. The van der Waals surface area contributed by atoms with Crippen molar-refractivity contribution in [3.05, 3.63) is 59.7 Å². The van der Waals surface area contributed by atoms with Crippen molar-refractivity contribution in [1.82, 2.24) is 9.62 Å². The molecule has 182 valence electrons. The van der Waals surface area contributed by atoms with E-state index in [1.54, 1.807) is 34.3 Å². The summed E-state index contributed by atoms with van der Waals surface area (Å²) in [6.45, 7) is 3.36. The van der Waals surface area contributed by atoms with Crippen LogP contribution in [0.2, 0.25) is 0 Å². The van der Waals surface area contributed by atoms with E-state index in [1.807, 2.05) is 18.2 Å². The molecule has 0 aromatic heterocycles. The molecule has 0 radical (unpaired) electrons. The van der Waals surface area contributed by atoms with Gasteiger partial charge < -0.3 is 5.32 Å². The molecule has 34 heavy (non-hydrogen) atoms. The first-order valence-electron chi connectivity index (χ1n) is 12.2. The second-order valence-electron chi connectivity index (χ2n) is 8.97. The number of hydrogen-bond acceptors (Lipinski definition) is 4. The normalized spacial score (nSPS) is 18.5. The topological polar surface area (TPSA) is 86.8 Å². The van der Waals surface area contributed by atoms with Crippen LogP contribution in [-0.4, -0.2) is 50.2 Å². The van der Waals surface area contributed by atoms with E-state index in [2.05, 4.69) is 17.4 Å². The Hall–Kier alpha value is -2.71. The number of piperidine rings is 1. The van der Waals surface area contributed by atoms with Crippen molar-refractivity contribution in [1.29, 1.82) is 0 Å². The number of carbonyl (C=O) groups excluding carboxylic acids is 2. The molecule has 0 unspecified atom stereocenters. The molecule has 0 aliphatic carbocycles. The third kappa shape index (κ3) is 5.18. The lowest BCUT2D eigenvalue weighted by molar-refractivity contribution is -0.126. The standard InChI is InChI=1S/C26H33N3O4S/c1-2-25(30)29-23-14-13-22(34(32,33)28-16-7-4-8-17-28)18-21(23)19-24(29)26(31)27-15-9-12-20-10-5-3-6-11-20/h3,5-6,10-11,13-14,18,24H,2,4,7-9,12,15-17,19H2,1H3,(H,27,31)/t24-/m0/s1. The van der Waals surface area contributed by atoms with E-state index in [4.69, 9.17) is 0 Å². The highest BCUT2D eigenvalue weighted by Crippen LogP contribution is 2.35. The van der Waals surface area contributed by atoms with E-state index in [-0.39, 0.29) is 23.1 Å². The van der Waals surface area contributed by atoms with E-state index in [0.29, 0.717) is 31.7 Å². The van der Waals surface area contributed by atoms with E-state index >= 15 is 0 Å². The summed E-state index contributed by atoms with van der Waals surface area (Å²) in [7, 11) is -3.58. The van der Waals surface area contributed by atoms with Crippen LogP contribution < -0.4 is 10.2 Å². The van der Waals surface area contributed by atoms with Crippen LogP contribution in [0.3, 0.4) is 0 Å². The number of nitrogens with zero attached hydrogens (tertiary/aromatic N) is 2. The molecule has 2 heterocycles. The van der Waals surface area contributed by atoms with E-state index in [1.165, 1.54) is 5.56 Å². The highest BCUT2D eigenvalue weighted by Gasteiger charge is 2.38. The lowest BCUT2D eigenvalue weighted by Crippen LogP contribution is -2.48. The van der Waals surface area contributed by atoms with Gasteiger partial charge in [-0.3, -0.25) is 14.5 Å². The molecule has 2 aromatic carbocycles. The number of sulfonamides is 1. The number of fused-ring (bicyclic) bond motifs is 1. The van der Waals surface area contributed by atoms with Crippen LogP contribution in [-0.2, 0) is 32.5 Å². The molecule has 1 atom stereocenters. The number of amides is 2. The lowest BCUT2D eigenvalue weighted by Gasteiger charge is -2.26. The van der Waals surface area contributed by atoms with Crippen molar-refractivity contribution >= 4 is 27.5 Å². The summed E-state index contributed by atoms with van der Waals surface area (Å²) in [6, 6.07) is 14.3. The van der Waals surface area contributed by atoms with Crippen molar-refractivity contribution in [2.45, 2.75) is 62.8 Å². The number of hydrogen-bond donors (Lipinski definition) is 1. The first-order chi connectivity index (χ1) is 16.4. The minimum absolute atomic E-state index is 0.144. The SMILES string of the molecule is CCC(=O)N1c2ccc(S(=O)(=O)N3CCCCC3)cc2C[C@H]1C(=O)NCCCc1ccccc1.